The van der Waals surface area contributed by atoms with Crippen molar-refractivity contribution in [3.8, 4) is 17.0 Å². The third-order valence-corrected chi connectivity index (χ3v) is 6.95. The Bertz CT molecular complexity index is 1170. The maximum atomic E-state index is 11.9. The van der Waals surface area contributed by atoms with E-state index in [0.717, 1.165) is 24.0 Å². The Hall–Kier alpha value is -2.20. The molecule has 3 aromatic rings. The quantitative estimate of drug-likeness (QED) is 0.494. The Morgan fingerprint density at radius 3 is 2.39 bits per heavy atom. The van der Waals surface area contributed by atoms with E-state index in [-0.39, 0.29) is 22.4 Å². The number of nitrogens with one attached hydrogen (secondary N) is 1. The van der Waals surface area contributed by atoms with Crippen molar-refractivity contribution in [2.75, 3.05) is 11.9 Å². The van der Waals surface area contributed by atoms with Crippen LogP contribution in [0.15, 0.2) is 41.2 Å². The zero-order valence-corrected chi connectivity index (χ0v) is 20.6. The average molecular weight is 533 g/mol. The number of phenolic OH excluding ortho intramolecular Hbond substituents is 1. The first kappa shape index (κ1) is 22.0. The van der Waals surface area contributed by atoms with Crippen LogP contribution in [0, 0.1) is 0 Å². The van der Waals surface area contributed by atoms with Gasteiger partial charge in [0.05, 0.1) is 34.1 Å². The van der Waals surface area contributed by atoms with Crippen LogP contribution in [0.2, 0.25) is 0 Å². The lowest BCUT2D eigenvalue weighted by atomic mass is 9.79. The number of hydrogen-bond donors (Lipinski definition) is 2. The number of nitrogens with zero attached hydrogens (tertiary/aromatic N) is 4. The summed E-state index contributed by atoms with van der Waals surface area (Å²) >= 11 is 1.94. The van der Waals surface area contributed by atoms with Crippen LogP contribution < -0.4 is 15.8 Å². The van der Waals surface area contributed by atoms with Crippen LogP contribution in [0.5, 0.6) is 5.75 Å². The van der Waals surface area contributed by atoms with E-state index in [1.54, 1.807) is 12.1 Å². The highest BCUT2D eigenvalue weighted by atomic mass is 127. The minimum Gasteiger partial charge on any atom is -0.507 e. The number of rotatable bonds is 3. The van der Waals surface area contributed by atoms with E-state index in [2.05, 4.69) is 55.2 Å². The van der Waals surface area contributed by atoms with Crippen molar-refractivity contribution in [1.29, 1.82) is 0 Å². The number of hydrogen-bond acceptors (Lipinski definition) is 6. The molecule has 31 heavy (non-hydrogen) atoms. The Labute approximate surface area is 196 Å². The van der Waals surface area contributed by atoms with Crippen molar-refractivity contribution < 1.29 is 5.11 Å². The number of aromatic nitrogens is 3. The highest BCUT2D eigenvalue weighted by Crippen LogP contribution is 2.34. The van der Waals surface area contributed by atoms with Gasteiger partial charge in [0.1, 0.15) is 5.75 Å². The van der Waals surface area contributed by atoms with Crippen LogP contribution in [-0.4, -0.2) is 42.3 Å². The second-order valence-corrected chi connectivity index (χ2v) is 10.7. The van der Waals surface area contributed by atoms with Gasteiger partial charge in [0.2, 0.25) is 0 Å². The van der Waals surface area contributed by atoms with Gasteiger partial charge < -0.3 is 15.3 Å². The van der Waals surface area contributed by atoms with Crippen molar-refractivity contribution in [1.82, 2.24) is 18.3 Å². The van der Waals surface area contributed by atoms with Gasteiger partial charge in [-0.25, -0.2) is 2.78 Å². The first-order chi connectivity index (χ1) is 14.5. The van der Waals surface area contributed by atoms with E-state index in [0.29, 0.717) is 22.8 Å². The number of anilines is 1. The normalized spacial score (nSPS) is 18.3. The van der Waals surface area contributed by atoms with Gasteiger partial charge in [-0.05, 0) is 64.8 Å². The van der Waals surface area contributed by atoms with Crippen molar-refractivity contribution in [3.05, 3.63) is 46.8 Å². The molecule has 2 aromatic heterocycles. The molecule has 0 amide bonds. The topological polar surface area (TPSA) is 83.3 Å². The summed E-state index contributed by atoms with van der Waals surface area (Å²) in [6.45, 7) is 8.95. The highest BCUT2D eigenvalue weighted by Gasteiger charge is 2.39. The molecule has 7 nitrogen and oxygen atoms in total. The second-order valence-electron chi connectivity index (χ2n) is 9.72. The number of phenols is 1. The predicted octanol–water partition coefficient (Wildman–Crippen LogP) is 4.11. The van der Waals surface area contributed by atoms with Crippen molar-refractivity contribution in [2.45, 2.75) is 57.7 Å². The van der Waals surface area contributed by atoms with Gasteiger partial charge in [0.15, 0.2) is 5.82 Å². The molecule has 1 saturated heterocycles. The van der Waals surface area contributed by atoms with Crippen LogP contribution in [0.3, 0.4) is 0 Å². The highest BCUT2D eigenvalue weighted by molar-refractivity contribution is 14.1. The van der Waals surface area contributed by atoms with Crippen molar-refractivity contribution >= 4 is 39.6 Å². The summed E-state index contributed by atoms with van der Waals surface area (Å²) in [5.74, 6) is 0.879. The molecule has 164 valence electrons. The third-order valence-electron chi connectivity index (χ3n) is 5.96. The van der Waals surface area contributed by atoms with Gasteiger partial charge in [-0.15, -0.1) is 10.2 Å². The molecule has 0 aliphatic carbocycles. The Morgan fingerprint density at radius 1 is 1.10 bits per heavy atom. The average Bonchev–Trinajstić information content (AvgIpc) is 2.68. The number of halogens is 1. The largest absolute Gasteiger partial charge is 0.507 e. The zero-order valence-electron chi connectivity index (χ0n) is 18.5. The Kier molecular flexibility index (Phi) is 5.49. The first-order valence-electron chi connectivity index (χ1n) is 10.4. The molecule has 2 N–H and O–H groups in total. The minimum absolute atomic E-state index is 0.0460. The van der Waals surface area contributed by atoms with Gasteiger partial charge in [-0.2, -0.15) is 0 Å². The van der Waals surface area contributed by atoms with E-state index in [9.17, 15) is 9.90 Å². The lowest BCUT2D eigenvalue weighted by molar-refractivity contribution is 0.160. The molecule has 0 unspecified atom stereocenters. The zero-order chi connectivity index (χ0) is 22.6. The monoisotopic (exact) mass is 533 g/mol. The summed E-state index contributed by atoms with van der Waals surface area (Å²) in [6, 6.07) is 10.9. The molecule has 4 rings (SSSR count). The molecule has 0 spiro atoms. The van der Waals surface area contributed by atoms with Crippen LogP contribution in [-0.2, 0) is 0 Å². The summed E-state index contributed by atoms with van der Waals surface area (Å²) in [4.78, 5) is 14.1. The van der Waals surface area contributed by atoms with Crippen LogP contribution in [0.1, 0.15) is 40.5 Å². The molecule has 0 bridgehead atoms. The number of aromatic hydroxyl groups is 1. The van der Waals surface area contributed by atoms with Crippen molar-refractivity contribution in [2.24, 2.45) is 0 Å². The number of fused-ring (bicyclic) bond motifs is 1. The van der Waals surface area contributed by atoms with Gasteiger partial charge in [-0.1, -0.05) is 0 Å². The summed E-state index contributed by atoms with van der Waals surface area (Å²) < 4.78 is 1.49. The molecule has 1 fully saturated rings. The molecule has 0 radical (unpaired) electrons. The molecular formula is C23H28IN5O2. The minimum atomic E-state index is -0.128. The number of pyridine rings is 1. The third kappa shape index (κ3) is 4.41. The molecular weight excluding hydrogens is 505 g/mol. The molecule has 1 aliphatic rings. The van der Waals surface area contributed by atoms with E-state index >= 15 is 0 Å². The lowest BCUT2D eigenvalue weighted by Crippen LogP contribution is -2.62. The molecule has 0 atom stereocenters. The standard InChI is InChI=1S/C23H28IN5O2/c1-22(2)12-15(13-23(3,4)27-22)28(5)20-8-7-17(25-26-20)16-10-14-6-9-21(31)29(24)18(14)11-19(16)30/h6-11,15,27,30H,12-13H2,1-5H3. The van der Waals surface area contributed by atoms with Crippen LogP contribution in [0.25, 0.3) is 22.2 Å². The Morgan fingerprint density at radius 2 is 1.77 bits per heavy atom. The molecule has 1 aromatic carbocycles. The number of benzene rings is 1. The maximum absolute atomic E-state index is 11.9. The molecule has 1 aliphatic heterocycles. The lowest BCUT2D eigenvalue weighted by Gasteiger charge is -2.49. The smallest absolute Gasteiger partial charge is 0.259 e. The second kappa shape index (κ2) is 7.74. The Balaban J connectivity index is 1.63. The van der Waals surface area contributed by atoms with Gasteiger partial charge >= 0.3 is 0 Å². The van der Waals surface area contributed by atoms with E-state index < -0.39 is 0 Å². The summed E-state index contributed by atoms with van der Waals surface area (Å²) in [7, 11) is 2.07. The van der Waals surface area contributed by atoms with E-state index in [1.807, 2.05) is 41.1 Å². The van der Waals surface area contributed by atoms with Crippen LogP contribution >= 0.6 is 22.9 Å². The molecule has 0 saturated carbocycles. The number of piperidine rings is 1. The summed E-state index contributed by atoms with van der Waals surface area (Å²) in [6.07, 6.45) is 2.03. The van der Waals surface area contributed by atoms with Crippen molar-refractivity contribution in [3.63, 3.8) is 0 Å². The predicted molar refractivity (Wildman–Crippen MR) is 133 cm³/mol. The fourth-order valence-electron chi connectivity index (χ4n) is 4.83. The summed E-state index contributed by atoms with van der Waals surface area (Å²) in [5, 5.41) is 24.0. The van der Waals surface area contributed by atoms with Gasteiger partial charge in [0.25, 0.3) is 5.56 Å². The van der Waals surface area contributed by atoms with Crippen LogP contribution in [0.4, 0.5) is 5.82 Å². The van der Waals surface area contributed by atoms with E-state index in [1.165, 1.54) is 8.85 Å². The molecule has 3 heterocycles. The fraction of sp³-hybridized carbons (Fsp3) is 0.435. The maximum Gasteiger partial charge on any atom is 0.259 e. The molecule has 8 heteroatoms. The first-order valence-corrected chi connectivity index (χ1v) is 11.3. The van der Waals surface area contributed by atoms with E-state index in [4.69, 9.17) is 0 Å². The summed E-state index contributed by atoms with van der Waals surface area (Å²) in [5.41, 5.74) is 1.81. The van der Waals surface area contributed by atoms with Gasteiger partial charge in [0, 0.05) is 47.2 Å². The van der Waals surface area contributed by atoms with Gasteiger partial charge in [-0.3, -0.25) is 4.79 Å². The SMILES string of the molecule is CN(c1ccc(-c2cc3ccc(=O)n(I)c3cc2O)nn1)C1CC(C)(C)NC(C)(C)C1. The fourth-order valence-corrected chi connectivity index (χ4v) is 5.41.